The molecule has 1 aromatic carbocycles. The largest absolute Gasteiger partial charge is 0.497 e. The van der Waals surface area contributed by atoms with Crippen LogP contribution in [0.15, 0.2) is 47.4 Å². The van der Waals surface area contributed by atoms with E-state index in [1.54, 1.807) is 19.2 Å². The number of nitrogens with one attached hydrogen (secondary N) is 1. The molecule has 24 heavy (non-hydrogen) atoms. The standard InChI is InChI=1S/C17H18N2O5/c1-11(12-3-6-14(24-2)7-4-12)18-15(20)10-19-9-13(17(22)23)5-8-16(19)21/h3-9,11H,10H2,1-2H3,(H,18,20)(H,22,23)/t11-/m1/s1. The molecular formula is C17H18N2O5. The van der Waals surface area contributed by atoms with Crippen molar-refractivity contribution in [3.05, 3.63) is 64.1 Å². The lowest BCUT2D eigenvalue weighted by atomic mass is 10.1. The van der Waals surface area contributed by atoms with E-state index in [1.807, 2.05) is 19.1 Å². The van der Waals surface area contributed by atoms with Crippen LogP contribution in [0, 0.1) is 0 Å². The van der Waals surface area contributed by atoms with Gasteiger partial charge in [-0.3, -0.25) is 9.59 Å². The zero-order valence-corrected chi connectivity index (χ0v) is 13.4. The molecule has 126 valence electrons. The van der Waals surface area contributed by atoms with Gasteiger partial charge in [-0.2, -0.15) is 0 Å². The fourth-order valence-corrected chi connectivity index (χ4v) is 2.20. The van der Waals surface area contributed by atoms with Gasteiger partial charge in [0, 0.05) is 12.3 Å². The van der Waals surface area contributed by atoms with E-state index >= 15 is 0 Å². The topological polar surface area (TPSA) is 97.6 Å². The van der Waals surface area contributed by atoms with Crippen molar-refractivity contribution >= 4 is 11.9 Å². The van der Waals surface area contributed by atoms with Crippen molar-refractivity contribution in [2.24, 2.45) is 0 Å². The first-order chi connectivity index (χ1) is 11.4. The first kappa shape index (κ1) is 17.3. The third kappa shape index (κ3) is 4.22. The van der Waals surface area contributed by atoms with Crippen LogP contribution < -0.4 is 15.6 Å². The fourth-order valence-electron chi connectivity index (χ4n) is 2.20. The minimum Gasteiger partial charge on any atom is -0.497 e. The Bertz CT molecular complexity index is 795. The molecule has 0 unspecified atom stereocenters. The first-order valence-corrected chi connectivity index (χ1v) is 7.28. The molecule has 2 N–H and O–H groups in total. The average Bonchev–Trinajstić information content (AvgIpc) is 2.56. The number of carboxylic acid groups (broad SMARTS) is 1. The van der Waals surface area contributed by atoms with Gasteiger partial charge in [0.15, 0.2) is 0 Å². The lowest BCUT2D eigenvalue weighted by Gasteiger charge is -2.15. The lowest BCUT2D eigenvalue weighted by molar-refractivity contribution is -0.122. The molecule has 0 fully saturated rings. The van der Waals surface area contributed by atoms with Gasteiger partial charge in [0.25, 0.3) is 5.56 Å². The number of nitrogens with zero attached hydrogens (tertiary/aromatic N) is 1. The Kier molecular flexibility index (Phi) is 5.36. The highest BCUT2D eigenvalue weighted by molar-refractivity contribution is 5.87. The molecule has 1 aromatic heterocycles. The van der Waals surface area contributed by atoms with Crippen LogP contribution >= 0.6 is 0 Å². The van der Waals surface area contributed by atoms with Crippen LogP contribution in [0.5, 0.6) is 5.75 Å². The number of carbonyl (C=O) groups is 2. The molecule has 0 spiro atoms. The maximum absolute atomic E-state index is 12.1. The molecule has 0 aliphatic rings. The minimum atomic E-state index is -1.16. The Morgan fingerprint density at radius 3 is 2.46 bits per heavy atom. The molecule has 2 rings (SSSR count). The number of ether oxygens (including phenoxy) is 1. The maximum atomic E-state index is 12.1. The highest BCUT2D eigenvalue weighted by Crippen LogP contribution is 2.17. The van der Waals surface area contributed by atoms with E-state index in [0.717, 1.165) is 22.4 Å². The van der Waals surface area contributed by atoms with Gasteiger partial charge in [0.05, 0.1) is 18.7 Å². The van der Waals surface area contributed by atoms with Crippen LogP contribution in [-0.2, 0) is 11.3 Å². The summed E-state index contributed by atoms with van der Waals surface area (Å²) in [5.74, 6) is -0.826. The summed E-state index contributed by atoms with van der Waals surface area (Å²) < 4.78 is 6.15. The van der Waals surface area contributed by atoms with Gasteiger partial charge in [-0.05, 0) is 30.7 Å². The number of carboxylic acids is 1. The predicted octanol–water partition coefficient (Wildman–Crippen LogP) is 1.43. The summed E-state index contributed by atoms with van der Waals surface area (Å²) in [4.78, 5) is 34.8. The van der Waals surface area contributed by atoms with Crippen molar-refractivity contribution in [2.75, 3.05) is 7.11 Å². The number of rotatable bonds is 6. The Morgan fingerprint density at radius 1 is 1.21 bits per heavy atom. The third-order valence-corrected chi connectivity index (χ3v) is 3.54. The summed E-state index contributed by atoms with van der Waals surface area (Å²) in [6, 6.07) is 9.32. The quantitative estimate of drug-likeness (QED) is 0.835. The Balaban J connectivity index is 2.06. The molecule has 7 nitrogen and oxygen atoms in total. The molecule has 1 atom stereocenters. The van der Waals surface area contributed by atoms with Gasteiger partial charge in [-0.15, -0.1) is 0 Å². The molecule has 2 aromatic rings. The molecule has 0 aliphatic carbocycles. The fraction of sp³-hybridized carbons (Fsp3) is 0.235. The van der Waals surface area contributed by atoms with Gasteiger partial charge < -0.3 is 19.7 Å². The number of hydrogen-bond acceptors (Lipinski definition) is 4. The molecule has 0 saturated heterocycles. The highest BCUT2D eigenvalue weighted by atomic mass is 16.5. The highest BCUT2D eigenvalue weighted by Gasteiger charge is 2.12. The number of amides is 1. The SMILES string of the molecule is COc1ccc([C@@H](C)NC(=O)Cn2cc(C(=O)O)ccc2=O)cc1. The zero-order valence-electron chi connectivity index (χ0n) is 13.4. The van der Waals surface area contributed by atoms with Crippen molar-refractivity contribution in [3.63, 3.8) is 0 Å². The molecule has 1 amide bonds. The van der Waals surface area contributed by atoms with Crippen molar-refractivity contribution in [2.45, 2.75) is 19.5 Å². The van der Waals surface area contributed by atoms with E-state index in [-0.39, 0.29) is 24.1 Å². The summed E-state index contributed by atoms with van der Waals surface area (Å²) >= 11 is 0. The Hall–Kier alpha value is -3.09. The van der Waals surface area contributed by atoms with Gasteiger partial charge in [0.2, 0.25) is 5.91 Å². The van der Waals surface area contributed by atoms with Gasteiger partial charge in [-0.25, -0.2) is 4.79 Å². The van der Waals surface area contributed by atoms with Crippen LogP contribution in [-0.4, -0.2) is 28.7 Å². The minimum absolute atomic E-state index is 0.0504. The van der Waals surface area contributed by atoms with E-state index in [1.165, 1.54) is 6.07 Å². The summed E-state index contributed by atoms with van der Waals surface area (Å²) in [5, 5.41) is 11.7. The monoisotopic (exact) mass is 330 g/mol. The maximum Gasteiger partial charge on any atom is 0.337 e. The second-order valence-corrected chi connectivity index (χ2v) is 5.25. The normalized spacial score (nSPS) is 11.6. The van der Waals surface area contributed by atoms with Crippen LogP contribution in [0.1, 0.15) is 28.9 Å². The van der Waals surface area contributed by atoms with Crippen molar-refractivity contribution in [1.29, 1.82) is 0 Å². The van der Waals surface area contributed by atoms with Crippen molar-refractivity contribution in [1.82, 2.24) is 9.88 Å². The van der Waals surface area contributed by atoms with E-state index in [0.29, 0.717) is 5.75 Å². The van der Waals surface area contributed by atoms with E-state index in [9.17, 15) is 14.4 Å². The van der Waals surface area contributed by atoms with Crippen molar-refractivity contribution < 1.29 is 19.4 Å². The number of benzene rings is 1. The number of carbonyl (C=O) groups excluding carboxylic acids is 1. The Labute approximate surface area is 138 Å². The summed E-state index contributed by atoms with van der Waals surface area (Å²) in [6.45, 7) is 1.57. The van der Waals surface area contributed by atoms with E-state index < -0.39 is 11.5 Å². The molecule has 0 saturated carbocycles. The molecule has 0 radical (unpaired) electrons. The van der Waals surface area contributed by atoms with Crippen LogP contribution in [0.4, 0.5) is 0 Å². The first-order valence-electron chi connectivity index (χ1n) is 7.28. The van der Waals surface area contributed by atoms with Crippen LogP contribution in [0.3, 0.4) is 0 Å². The predicted molar refractivity (Wildman–Crippen MR) is 87.2 cm³/mol. The van der Waals surface area contributed by atoms with E-state index in [4.69, 9.17) is 9.84 Å². The Morgan fingerprint density at radius 2 is 1.88 bits per heavy atom. The zero-order chi connectivity index (χ0) is 17.7. The molecule has 0 aliphatic heterocycles. The smallest absolute Gasteiger partial charge is 0.337 e. The lowest BCUT2D eigenvalue weighted by Crippen LogP contribution is -2.33. The second kappa shape index (κ2) is 7.45. The molecule has 1 heterocycles. The number of pyridine rings is 1. The van der Waals surface area contributed by atoms with Crippen LogP contribution in [0.25, 0.3) is 0 Å². The summed E-state index contributed by atoms with van der Waals surface area (Å²) in [7, 11) is 1.57. The molecule has 7 heteroatoms. The number of hydrogen-bond donors (Lipinski definition) is 2. The van der Waals surface area contributed by atoms with Gasteiger partial charge in [0.1, 0.15) is 12.3 Å². The number of aromatic nitrogens is 1. The van der Waals surface area contributed by atoms with Crippen LogP contribution in [0.2, 0.25) is 0 Å². The summed E-state index contributed by atoms with van der Waals surface area (Å²) in [5.41, 5.74) is 0.397. The molecule has 0 bridgehead atoms. The average molecular weight is 330 g/mol. The van der Waals surface area contributed by atoms with E-state index in [2.05, 4.69) is 5.32 Å². The number of methoxy groups -OCH3 is 1. The summed E-state index contributed by atoms with van der Waals surface area (Å²) in [6.07, 6.45) is 1.16. The second-order valence-electron chi connectivity index (χ2n) is 5.25. The molecular weight excluding hydrogens is 312 g/mol. The van der Waals surface area contributed by atoms with Gasteiger partial charge >= 0.3 is 5.97 Å². The third-order valence-electron chi connectivity index (χ3n) is 3.54. The van der Waals surface area contributed by atoms with Gasteiger partial charge in [-0.1, -0.05) is 12.1 Å². The number of aromatic carboxylic acids is 1. The van der Waals surface area contributed by atoms with Crippen molar-refractivity contribution in [3.8, 4) is 5.75 Å².